The quantitative estimate of drug-likeness (QED) is 0.0222. The fourth-order valence-electron chi connectivity index (χ4n) is 14.3. The topological polar surface area (TPSA) is 237 Å². The standard InChI is InChI=1S/C92H180O17P2/c1-9-84(7)70-62-54-46-38-32-26-20-16-12-14-18-22-28-34-40-50-58-66-74-91(96)108-87(78-102-89(94)72-64-56-48-39-33-27-21-17-13-11-15-19-24-30-36-44-52-60-68-82(3)4)80-106-110(98,99)104-76-86(93)77-105-111(100,101)107-81-88(79-103-90(95)73-65-57-49-43-42-47-55-63-71-85(8)10-2)109-92(97)75-67-59-51-41-35-29-23-25-31-37-45-53-61-69-83(5)6/h82-88,93H,9-81H2,1-8H3,(H,98,99)(H,100,101)/t84?,85?,86-,87-,88-/m1/s1. The fraction of sp³-hybridized carbons (Fsp3) is 0.957. The number of aliphatic hydroxyl groups is 1. The van der Waals surface area contributed by atoms with E-state index in [2.05, 4.69) is 55.4 Å². The molecule has 7 atom stereocenters. The third kappa shape index (κ3) is 82.9. The lowest BCUT2D eigenvalue weighted by atomic mass is 9.99. The molecule has 0 fully saturated rings. The molecule has 0 rings (SSSR count). The summed E-state index contributed by atoms with van der Waals surface area (Å²) in [5.74, 6) is 1.16. The zero-order valence-electron chi connectivity index (χ0n) is 73.6. The van der Waals surface area contributed by atoms with Gasteiger partial charge < -0.3 is 33.8 Å². The van der Waals surface area contributed by atoms with E-state index < -0.39 is 97.5 Å². The van der Waals surface area contributed by atoms with E-state index in [0.717, 1.165) is 114 Å². The number of carbonyl (C=O) groups is 4. The molecule has 660 valence electrons. The summed E-state index contributed by atoms with van der Waals surface area (Å²) in [4.78, 5) is 73.5. The van der Waals surface area contributed by atoms with E-state index in [0.29, 0.717) is 25.7 Å². The first kappa shape index (κ1) is 109. The summed E-state index contributed by atoms with van der Waals surface area (Å²) in [6.07, 6.45) is 72.2. The Morgan fingerprint density at radius 2 is 0.432 bits per heavy atom. The molecule has 0 bridgehead atoms. The van der Waals surface area contributed by atoms with E-state index in [1.54, 1.807) is 0 Å². The number of rotatable bonds is 89. The van der Waals surface area contributed by atoms with Gasteiger partial charge in [-0.1, -0.05) is 434 Å². The second kappa shape index (κ2) is 80.5. The zero-order chi connectivity index (χ0) is 81.6. The number of phosphoric acid groups is 2. The Hall–Kier alpha value is -1.94. The van der Waals surface area contributed by atoms with Crippen molar-refractivity contribution in [2.45, 2.75) is 504 Å². The Balaban J connectivity index is 5.25. The monoisotopic (exact) mass is 1620 g/mol. The van der Waals surface area contributed by atoms with Gasteiger partial charge in [0.1, 0.15) is 19.3 Å². The average molecular weight is 1620 g/mol. The summed E-state index contributed by atoms with van der Waals surface area (Å²) in [5, 5.41) is 10.7. The summed E-state index contributed by atoms with van der Waals surface area (Å²) in [6, 6.07) is 0. The molecule has 0 aliphatic heterocycles. The lowest BCUT2D eigenvalue weighted by Crippen LogP contribution is -2.30. The first-order valence-electron chi connectivity index (χ1n) is 47.3. The number of phosphoric ester groups is 2. The maximum atomic E-state index is 13.2. The highest BCUT2D eigenvalue weighted by molar-refractivity contribution is 7.47. The van der Waals surface area contributed by atoms with Gasteiger partial charge in [0.05, 0.1) is 26.4 Å². The molecule has 0 aromatic carbocycles. The Morgan fingerprint density at radius 3 is 0.640 bits per heavy atom. The highest BCUT2D eigenvalue weighted by Crippen LogP contribution is 2.45. The molecule has 0 aromatic rings. The molecular formula is C92H180O17P2. The Labute approximate surface area is 683 Å². The molecule has 0 heterocycles. The van der Waals surface area contributed by atoms with Crippen LogP contribution in [0.25, 0.3) is 0 Å². The lowest BCUT2D eigenvalue weighted by Gasteiger charge is -2.21. The van der Waals surface area contributed by atoms with Crippen molar-refractivity contribution in [3.8, 4) is 0 Å². The number of unbranched alkanes of at least 4 members (excludes halogenated alkanes) is 53. The summed E-state index contributed by atoms with van der Waals surface area (Å²) >= 11 is 0. The van der Waals surface area contributed by atoms with E-state index >= 15 is 0 Å². The van der Waals surface area contributed by atoms with Gasteiger partial charge in [-0.05, 0) is 49.4 Å². The maximum absolute atomic E-state index is 13.2. The van der Waals surface area contributed by atoms with Crippen molar-refractivity contribution in [2.75, 3.05) is 39.6 Å². The lowest BCUT2D eigenvalue weighted by molar-refractivity contribution is -0.161. The number of ether oxygens (including phenoxy) is 4. The minimum atomic E-state index is -4.97. The largest absolute Gasteiger partial charge is 0.472 e. The first-order valence-corrected chi connectivity index (χ1v) is 50.3. The third-order valence-corrected chi connectivity index (χ3v) is 24.2. The van der Waals surface area contributed by atoms with Gasteiger partial charge in [0.2, 0.25) is 0 Å². The second-order valence-electron chi connectivity index (χ2n) is 34.5. The van der Waals surface area contributed by atoms with Gasteiger partial charge in [0.15, 0.2) is 12.2 Å². The molecular weight excluding hydrogens is 1440 g/mol. The molecule has 3 N–H and O–H groups in total. The van der Waals surface area contributed by atoms with Crippen molar-refractivity contribution in [3.63, 3.8) is 0 Å². The van der Waals surface area contributed by atoms with Crippen LogP contribution in [0.15, 0.2) is 0 Å². The van der Waals surface area contributed by atoms with Crippen molar-refractivity contribution < 1.29 is 80.2 Å². The normalized spacial score (nSPS) is 14.3. The minimum absolute atomic E-state index is 0.107. The van der Waals surface area contributed by atoms with Crippen molar-refractivity contribution in [1.29, 1.82) is 0 Å². The molecule has 0 saturated heterocycles. The number of hydrogen-bond acceptors (Lipinski definition) is 15. The van der Waals surface area contributed by atoms with Crippen molar-refractivity contribution in [1.82, 2.24) is 0 Å². The average Bonchev–Trinajstić information content (AvgIpc) is 0.899. The van der Waals surface area contributed by atoms with Crippen LogP contribution in [-0.4, -0.2) is 96.7 Å². The van der Waals surface area contributed by atoms with Crippen LogP contribution in [0.4, 0.5) is 0 Å². The smallest absolute Gasteiger partial charge is 0.462 e. The van der Waals surface area contributed by atoms with Crippen LogP contribution in [0.1, 0.15) is 486 Å². The Morgan fingerprint density at radius 1 is 0.252 bits per heavy atom. The van der Waals surface area contributed by atoms with Crippen LogP contribution in [0.2, 0.25) is 0 Å². The second-order valence-corrected chi connectivity index (χ2v) is 37.4. The van der Waals surface area contributed by atoms with E-state index in [9.17, 15) is 43.2 Å². The molecule has 19 heteroatoms. The SMILES string of the molecule is CCC(C)CCCCCCCCCCCCCCCCCCCCC(=O)O[C@H](COC(=O)CCCCCCCCCCCCCCCCCCCCC(C)C)COP(=O)(O)OC[C@@H](O)COP(=O)(O)OC[C@@H](COC(=O)CCCCCCCCCCC(C)CC)OC(=O)CCCCCCCCCCCCCCCC(C)C. The molecule has 17 nitrogen and oxygen atoms in total. The van der Waals surface area contributed by atoms with E-state index in [-0.39, 0.29) is 25.7 Å². The molecule has 0 aliphatic rings. The van der Waals surface area contributed by atoms with Crippen LogP contribution in [-0.2, 0) is 65.4 Å². The van der Waals surface area contributed by atoms with Crippen LogP contribution in [0, 0.1) is 23.7 Å². The molecule has 0 aromatic heterocycles. The number of carbonyl (C=O) groups excluding carboxylic acids is 4. The predicted octanol–water partition coefficient (Wildman–Crippen LogP) is 28.3. The Bertz CT molecular complexity index is 2150. The highest BCUT2D eigenvalue weighted by Gasteiger charge is 2.31. The highest BCUT2D eigenvalue weighted by atomic mass is 31.2. The maximum Gasteiger partial charge on any atom is 0.472 e. The van der Waals surface area contributed by atoms with Gasteiger partial charge >= 0.3 is 39.5 Å². The summed E-state index contributed by atoms with van der Waals surface area (Å²) in [5.41, 5.74) is 0. The minimum Gasteiger partial charge on any atom is -0.462 e. The van der Waals surface area contributed by atoms with Gasteiger partial charge in [-0.3, -0.25) is 37.3 Å². The first-order chi connectivity index (χ1) is 53.7. The molecule has 0 saturated carbocycles. The van der Waals surface area contributed by atoms with Gasteiger partial charge in [0, 0.05) is 25.7 Å². The van der Waals surface area contributed by atoms with Crippen molar-refractivity contribution in [2.24, 2.45) is 23.7 Å². The van der Waals surface area contributed by atoms with Gasteiger partial charge in [0.25, 0.3) is 0 Å². The van der Waals surface area contributed by atoms with Crippen molar-refractivity contribution >= 4 is 39.5 Å². The zero-order valence-corrected chi connectivity index (χ0v) is 75.4. The van der Waals surface area contributed by atoms with Crippen LogP contribution in [0.3, 0.4) is 0 Å². The third-order valence-electron chi connectivity index (χ3n) is 22.3. The van der Waals surface area contributed by atoms with Gasteiger partial charge in [-0.2, -0.15) is 0 Å². The van der Waals surface area contributed by atoms with Crippen molar-refractivity contribution in [3.05, 3.63) is 0 Å². The van der Waals surface area contributed by atoms with Gasteiger partial charge in [-0.25, -0.2) is 9.13 Å². The van der Waals surface area contributed by atoms with Gasteiger partial charge in [-0.15, -0.1) is 0 Å². The van der Waals surface area contributed by atoms with Crippen LogP contribution >= 0.6 is 15.6 Å². The van der Waals surface area contributed by atoms with E-state index in [1.165, 1.54) is 289 Å². The summed E-state index contributed by atoms with van der Waals surface area (Å²) < 4.78 is 69.1. The molecule has 0 amide bonds. The van der Waals surface area contributed by atoms with E-state index in [4.69, 9.17) is 37.0 Å². The predicted molar refractivity (Wildman–Crippen MR) is 460 cm³/mol. The number of hydrogen-bond donors (Lipinski definition) is 3. The molecule has 4 unspecified atom stereocenters. The Kier molecular flexibility index (Phi) is 79.1. The number of aliphatic hydroxyl groups excluding tert-OH is 1. The summed E-state index contributed by atoms with van der Waals surface area (Å²) in [6.45, 7) is 14.4. The molecule has 0 spiro atoms. The fourth-order valence-corrected chi connectivity index (χ4v) is 15.9. The van der Waals surface area contributed by atoms with Crippen LogP contribution in [0.5, 0.6) is 0 Å². The van der Waals surface area contributed by atoms with Crippen LogP contribution < -0.4 is 0 Å². The molecule has 0 radical (unpaired) electrons. The molecule has 0 aliphatic carbocycles. The summed E-state index contributed by atoms with van der Waals surface area (Å²) in [7, 11) is -9.94. The molecule has 111 heavy (non-hydrogen) atoms. The number of esters is 4. The van der Waals surface area contributed by atoms with E-state index in [1.807, 2.05) is 0 Å².